The maximum atomic E-state index is 12.7. The predicted molar refractivity (Wildman–Crippen MR) is 123 cm³/mol. The van der Waals surface area contributed by atoms with Gasteiger partial charge in [-0.25, -0.2) is 9.59 Å². The summed E-state index contributed by atoms with van der Waals surface area (Å²) in [5, 5.41) is 16.6. The van der Waals surface area contributed by atoms with E-state index in [1.807, 2.05) is 13.0 Å². The second-order valence-corrected chi connectivity index (χ2v) is 8.34. The summed E-state index contributed by atoms with van der Waals surface area (Å²) in [5.74, 6) is -1.86. The van der Waals surface area contributed by atoms with Crippen LogP contribution in [0.5, 0.6) is 0 Å². The van der Waals surface area contributed by atoms with E-state index >= 15 is 0 Å². The Morgan fingerprint density at radius 3 is 2.06 bits per heavy atom. The first-order valence-electron chi connectivity index (χ1n) is 10.2. The molecule has 1 aliphatic heterocycles. The minimum Gasteiger partial charge on any atom is -0.478 e. The van der Waals surface area contributed by atoms with Crippen LogP contribution in [0.4, 0.5) is 5.69 Å². The number of aliphatic carboxylic acids is 2. The molecule has 0 unspecified atom stereocenters. The van der Waals surface area contributed by atoms with E-state index in [1.54, 1.807) is 17.0 Å². The zero-order valence-electron chi connectivity index (χ0n) is 18.1. The minimum absolute atomic E-state index is 0.175. The third kappa shape index (κ3) is 9.72. The number of likely N-dealkylation sites (tertiary alicyclic amines) is 1. The van der Waals surface area contributed by atoms with Crippen molar-refractivity contribution in [3.63, 3.8) is 0 Å². The van der Waals surface area contributed by atoms with Gasteiger partial charge in [0.2, 0.25) is 5.91 Å². The van der Waals surface area contributed by atoms with Crippen molar-refractivity contribution in [3.8, 4) is 0 Å². The first kappa shape index (κ1) is 26.9. The Labute approximate surface area is 193 Å². The molecule has 31 heavy (non-hydrogen) atoms. The number of carbonyl (C=O) groups excluding carboxylic acids is 1. The van der Waals surface area contributed by atoms with Crippen LogP contribution in [0, 0.1) is 5.92 Å². The number of anilines is 1. The Bertz CT molecular complexity index is 774. The Morgan fingerprint density at radius 1 is 1.10 bits per heavy atom. The van der Waals surface area contributed by atoms with Gasteiger partial charge in [-0.05, 0) is 70.8 Å². The first-order valence-corrected chi connectivity index (χ1v) is 10.9. The molecule has 0 aliphatic carbocycles. The van der Waals surface area contributed by atoms with Crippen LogP contribution in [0.1, 0.15) is 40.0 Å². The highest BCUT2D eigenvalue weighted by Gasteiger charge is 2.25. The molecule has 0 saturated carbocycles. The van der Waals surface area contributed by atoms with Gasteiger partial charge in [0.1, 0.15) is 0 Å². The van der Waals surface area contributed by atoms with Gasteiger partial charge in [-0.3, -0.25) is 4.79 Å². The molecule has 1 fully saturated rings. The molecule has 1 aliphatic rings. The van der Waals surface area contributed by atoms with Gasteiger partial charge in [0, 0.05) is 36.8 Å². The Hall–Kier alpha value is -2.09. The lowest BCUT2D eigenvalue weighted by Crippen LogP contribution is -2.40. The lowest BCUT2D eigenvalue weighted by atomic mass is 9.92. The standard InChI is InChI=1S/C18H26Cl2N2O.C4H4O4/c1-4-22(15-5-6-16(19)17(20)12-15)18(23)11-14-7-9-21(10-8-14)13(2)3;5-3(6)1-2-4(7)8/h5-6,12-14H,4,7-11H2,1-3H3;1-2H,(H,5,6)(H,7,8)/b;2-1+. The second-order valence-electron chi connectivity index (χ2n) is 7.52. The van der Waals surface area contributed by atoms with E-state index in [9.17, 15) is 14.4 Å². The normalized spacial score (nSPS) is 14.9. The van der Waals surface area contributed by atoms with Crippen LogP contribution in [0.2, 0.25) is 10.0 Å². The van der Waals surface area contributed by atoms with E-state index in [0.29, 0.717) is 47.1 Å². The van der Waals surface area contributed by atoms with Crippen molar-refractivity contribution in [3.05, 3.63) is 40.4 Å². The summed E-state index contributed by atoms with van der Waals surface area (Å²) in [5.41, 5.74) is 0.825. The summed E-state index contributed by atoms with van der Waals surface area (Å²) in [7, 11) is 0. The molecule has 0 atom stereocenters. The molecule has 2 rings (SSSR count). The van der Waals surface area contributed by atoms with Crippen LogP contribution in [0.25, 0.3) is 0 Å². The summed E-state index contributed by atoms with van der Waals surface area (Å²) >= 11 is 12.0. The van der Waals surface area contributed by atoms with Gasteiger partial charge in [0.05, 0.1) is 10.0 Å². The molecule has 7 nitrogen and oxygen atoms in total. The lowest BCUT2D eigenvalue weighted by Gasteiger charge is -2.35. The molecule has 1 aromatic rings. The molecule has 0 aromatic heterocycles. The van der Waals surface area contributed by atoms with E-state index in [1.165, 1.54) is 0 Å². The van der Waals surface area contributed by atoms with Crippen LogP contribution >= 0.6 is 23.2 Å². The largest absolute Gasteiger partial charge is 0.478 e. The molecule has 9 heteroatoms. The zero-order valence-corrected chi connectivity index (χ0v) is 19.6. The molecule has 0 spiro atoms. The van der Waals surface area contributed by atoms with E-state index < -0.39 is 11.9 Å². The summed E-state index contributed by atoms with van der Waals surface area (Å²) < 4.78 is 0. The third-order valence-electron chi connectivity index (χ3n) is 5.04. The number of rotatable bonds is 7. The highest BCUT2D eigenvalue weighted by atomic mass is 35.5. The molecule has 0 radical (unpaired) electrons. The van der Waals surface area contributed by atoms with Crippen molar-refractivity contribution in [2.24, 2.45) is 5.92 Å². The Kier molecular flexibility index (Phi) is 11.6. The van der Waals surface area contributed by atoms with Crippen molar-refractivity contribution in [1.82, 2.24) is 4.90 Å². The van der Waals surface area contributed by atoms with Crippen molar-refractivity contribution in [2.45, 2.75) is 46.1 Å². The average Bonchev–Trinajstić information content (AvgIpc) is 2.70. The molecule has 172 valence electrons. The van der Waals surface area contributed by atoms with Gasteiger partial charge in [0.15, 0.2) is 0 Å². The van der Waals surface area contributed by atoms with Gasteiger partial charge in [-0.1, -0.05) is 23.2 Å². The molecule has 1 saturated heterocycles. The number of hydrogen-bond acceptors (Lipinski definition) is 4. The molecular weight excluding hydrogens is 443 g/mol. The fourth-order valence-corrected chi connectivity index (χ4v) is 3.62. The monoisotopic (exact) mass is 472 g/mol. The lowest BCUT2D eigenvalue weighted by molar-refractivity contribution is -0.134. The quantitative estimate of drug-likeness (QED) is 0.563. The summed E-state index contributed by atoms with van der Waals surface area (Å²) in [6, 6.07) is 5.97. The minimum atomic E-state index is -1.26. The van der Waals surface area contributed by atoms with Gasteiger partial charge in [-0.2, -0.15) is 0 Å². The number of halogens is 2. The van der Waals surface area contributed by atoms with E-state index in [4.69, 9.17) is 33.4 Å². The average molecular weight is 473 g/mol. The van der Waals surface area contributed by atoms with E-state index in [0.717, 1.165) is 31.6 Å². The van der Waals surface area contributed by atoms with Crippen LogP contribution in [-0.4, -0.2) is 58.6 Å². The number of nitrogens with zero attached hydrogens (tertiary/aromatic N) is 2. The molecule has 1 aromatic carbocycles. The molecule has 1 heterocycles. The highest BCUT2D eigenvalue weighted by Crippen LogP contribution is 2.29. The molecule has 1 amide bonds. The van der Waals surface area contributed by atoms with E-state index in [-0.39, 0.29) is 5.91 Å². The van der Waals surface area contributed by atoms with Crippen molar-refractivity contribution in [2.75, 3.05) is 24.5 Å². The van der Waals surface area contributed by atoms with Gasteiger partial charge >= 0.3 is 11.9 Å². The first-order chi connectivity index (χ1) is 14.5. The SMILES string of the molecule is CCN(C(=O)CC1CCN(C(C)C)CC1)c1ccc(Cl)c(Cl)c1.O=C(O)/C=C/C(=O)O. The second kappa shape index (κ2) is 13.3. The fourth-order valence-electron chi connectivity index (χ4n) is 3.33. The van der Waals surface area contributed by atoms with Crippen molar-refractivity contribution >= 4 is 46.7 Å². The number of carboxylic acid groups (broad SMARTS) is 2. The maximum Gasteiger partial charge on any atom is 0.328 e. The zero-order chi connectivity index (χ0) is 23.6. The van der Waals surface area contributed by atoms with Gasteiger partial charge in [-0.15, -0.1) is 0 Å². The summed E-state index contributed by atoms with van der Waals surface area (Å²) in [6.45, 7) is 9.27. The number of amides is 1. The summed E-state index contributed by atoms with van der Waals surface area (Å²) in [4.78, 5) is 36.1. The predicted octanol–water partition coefficient (Wildman–Crippen LogP) is 4.57. The Balaban J connectivity index is 0.000000512. The highest BCUT2D eigenvalue weighted by molar-refractivity contribution is 6.42. The number of benzene rings is 1. The third-order valence-corrected chi connectivity index (χ3v) is 5.78. The van der Waals surface area contributed by atoms with Crippen LogP contribution in [0.3, 0.4) is 0 Å². The van der Waals surface area contributed by atoms with E-state index in [2.05, 4.69) is 18.7 Å². The Morgan fingerprint density at radius 2 is 1.65 bits per heavy atom. The molecular formula is C22H30Cl2N2O5. The fraction of sp³-hybridized carbons (Fsp3) is 0.500. The van der Waals surface area contributed by atoms with Crippen LogP contribution in [0.15, 0.2) is 30.4 Å². The van der Waals surface area contributed by atoms with Gasteiger partial charge in [0.25, 0.3) is 0 Å². The maximum absolute atomic E-state index is 12.7. The smallest absolute Gasteiger partial charge is 0.328 e. The number of piperidine rings is 1. The van der Waals surface area contributed by atoms with Crippen LogP contribution in [-0.2, 0) is 14.4 Å². The number of carbonyl (C=O) groups is 3. The van der Waals surface area contributed by atoms with Crippen molar-refractivity contribution < 1.29 is 24.6 Å². The molecule has 2 N–H and O–H groups in total. The van der Waals surface area contributed by atoms with Crippen LogP contribution < -0.4 is 4.90 Å². The summed E-state index contributed by atoms with van der Waals surface area (Å²) in [6.07, 6.45) is 3.93. The molecule has 0 bridgehead atoms. The number of hydrogen-bond donors (Lipinski definition) is 2. The van der Waals surface area contributed by atoms with Gasteiger partial charge < -0.3 is 20.0 Å². The van der Waals surface area contributed by atoms with Crippen molar-refractivity contribution in [1.29, 1.82) is 0 Å². The topological polar surface area (TPSA) is 98.2 Å². The number of carboxylic acids is 2.